The fourth-order valence-corrected chi connectivity index (χ4v) is 3.30. The van der Waals surface area contributed by atoms with Gasteiger partial charge in [0.2, 0.25) is 0 Å². The number of aromatic nitrogens is 1. The lowest BCUT2D eigenvalue weighted by Crippen LogP contribution is -1.93. The van der Waals surface area contributed by atoms with E-state index in [2.05, 4.69) is 16.4 Å². The molecule has 2 aromatic carbocycles. The molecule has 0 fully saturated rings. The molecule has 0 saturated carbocycles. The van der Waals surface area contributed by atoms with E-state index in [0.29, 0.717) is 33.3 Å². The number of thiazole rings is 1. The minimum absolute atomic E-state index is 0.304. The van der Waals surface area contributed by atoms with Gasteiger partial charge in [-0.3, -0.25) is 0 Å². The van der Waals surface area contributed by atoms with Gasteiger partial charge in [0.1, 0.15) is 22.5 Å². The Balaban J connectivity index is 1.85. The van der Waals surface area contributed by atoms with Crippen LogP contribution >= 0.6 is 11.3 Å². The predicted octanol–water partition coefficient (Wildman–Crippen LogP) is 5.25. The summed E-state index contributed by atoms with van der Waals surface area (Å²) < 4.78 is 24.2. The summed E-state index contributed by atoms with van der Waals surface area (Å²) in [6.45, 7) is 1.70. The van der Waals surface area contributed by atoms with Crippen LogP contribution in [0.5, 0.6) is 11.5 Å². The van der Waals surface area contributed by atoms with E-state index in [0.717, 1.165) is 11.3 Å². The summed E-state index contributed by atoms with van der Waals surface area (Å²) in [7, 11) is 3.15. The Morgan fingerprint density at radius 2 is 1.96 bits per heavy atom. The molecule has 0 saturated heterocycles. The van der Waals surface area contributed by atoms with Crippen LogP contribution in [0.1, 0.15) is 10.6 Å². The quantitative estimate of drug-likeness (QED) is 0.577. The van der Waals surface area contributed by atoms with Crippen LogP contribution in [0.3, 0.4) is 0 Å². The van der Waals surface area contributed by atoms with Crippen molar-refractivity contribution in [3.8, 4) is 28.8 Å². The summed E-state index contributed by atoms with van der Waals surface area (Å²) in [5.74, 6) is 0.935. The molecule has 5 nitrogen and oxygen atoms in total. The molecule has 0 spiro atoms. The molecule has 0 bridgehead atoms. The van der Waals surface area contributed by atoms with Crippen molar-refractivity contribution in [2.45, 2.75) is 6.92 Å². The zero-order chi connectivity index (χ0) is 20.1. The average molecular weight is 395 g/mol. The van der Waals surface area contributed by atoms with Crippen molar-refractivity contribution in [1.29, 1.82) is 5.26 Å². The lowest BCUT2D eigenvalue weighted by molar-refractivity contribution is 0.355. The third-order valence-electron chi connectivity index (χ3n) is 4.09. The van der Waals surface area contributed by atoms with Gasteiger partial charge in [-0.1, -0.05) is 6.07 Å². The van der Waals surface area contributed by atoms with E-state index in [4.69, 9.17) is 9.47 Å². The number of anilines is 1. The van der Waals surface area contributed by atoms with Crippen molar-refractivity contribution in [3.05, 3.63) is 64.4 Å². The number of nitriles is 1. The minimum Gasteiger partial charge on any atom is -0.493 e. The van der Waals surface area contributed by atoms with E-state index in [1.54, 1.807) is 33.3 Å². The van der Waals surface area contributed by atoms with Gasteiger partial charge < -0.3 is 14.8 Å². The number of aryl methyl sites for hydroxylation is 1. The van der Waals surface area contributed by atoms with Crippen molar-refractivity contribution in [1.82, 2.24) is 4.98 Å². The second kappa shape index (κ2) is 8.55. The van der Waals surface area contributed by atoms with E-state index in [1.807, 2.05) is 23.6 Å². The minimum atomic E-state index is -0.304. The Kier molecular flexibility index (Phi) is 5.92. The van der Waals surface area contributed by atoms with E-state index in [1.165, 1.54) is 23.6 Å². The SMILES string of the molecule is COc1ccc(-c2csc(/C(C#N)=C/Nc3ccc(C)c(F)c3)n2)cc1OC. The summed E-state index contributed by atoms with van der Waals surface area (Å²) >= 11 is 1.35. The Morgan fingerprint density at radius 1 is 1.18 bits per heavy atom. The molecular weight excluding hydrogens is 377 g/mol. The highest BCUT2D eigenvalue weighted by molar-refractivity contribution is 7.11. The second-order valence-electron chi connectivity index (χ2n) is 5.89. The molecule has 1 heterocycles. The maximum Gasteiger partial charge on any atom is 0.161 e. The van der Waals surface area contributed by atoms with E-state index < -0.39 is 0 Å². The highest BCUT2D eigenvalue weighted by atomic mass is 32.1. The van der Waals surface area contributed by atoms with Gasteiger partial charge in [0.05, 0.1) is 19.9 Å². The lowest BCUT2D eigenvalue weighted by Gasteiger charge is -2.08. The van der Waals surface area contributed by atoms with Crippen molar-refractivity contribution in [2.24, 2.45) is 0 Å². The van der Waals surface area contributed by atoms with Gasteiger partial charge in [0.25, 0.3) is 0 Å². The third kappa shape index (κ3) is 4.13. The summed E-state index contributed by atoms with van der Waals surface area (Å²) in [5.41, 5.74) is 3.06. The van der Waals surface area contributed by atoms with Crippen molar-refractivity contribution >= 4 is 22.6 Å². The first-order valence-electron chi connectivity index (χ1n) is 8.37. The van der Waals surface area contributed by atoms with Gasteiger partial charge in [-0.15, -0.1) is 11.3 Å². The molecule has 7 heteroatoms. The predicted molar refractivity (Wildman–Crippen MR) is 109 cm³/mol. The normalized spacial score (nSPS) is 11.0. The topological polar surface area (TPSA) is 67.2 Å². The molecule has 0 aliphatic carbocycles. The first-order valence-corrected chi connectivity index (χ1v) is 9.25. The lowest BCUT2D eigenvalue weighted by atomic mass is 10.1. The van der Waals surface area contributed by atoms with Crippen LogP contribution in [-0.4, -0.2) is 19.2 Å². The number of allylic oxidation sites excluding steroid dienone is 1. The fourth-order valence-electron chi connectivity index (χ4n) is 2.51. The van der Waals surface area contributed by atoms with Gasteiger partial charge in [0.15, 0.2) is 11.5 Å². The van der Waals surface area contributed by atoms with E-state index >= 15 is 0 Å². The third-order valence-corrected chi connectivity index (χ3v) is 4.96. The number of halogens is 1. The molecule has 0 unspecified atom stereocenters. The van der Waals surface area contributed by atoms with Gasteiger partial charge in [-0.2, -0.15) is 5.26 Å². The van der Waals surface area contributed by atoms with Crippen molar-refractivity contribution < 1.29 is 13.9 Å². The van der Waals surface area contributed by atoms with Crippen LogP contribution in [0.2, 0.25) is 0 Å². The zero-order valence-electron chi connectivity index (χ0n) is 15.6. The number of hydrogen-bond acceptors (Lipinski definition) is 6. The summed E-state index contributed by atoms with van der Waals surface area (Å²) in [4.78, 5) is 4.54. The number of ether oxygens (including phenoxy) is 2. The molecule has 0 aliphatic heterocycles. The van der Waals surface area contributed by atoms with Crippen LogP contribution < -0.4 is 14.8 Å². The van der Waals surface area contributed by atoms with Crippen molar-refractivity contribution in [2.75, 3.05) is 19.5 Å². The van der Waals surface area contributed by atoms with Crippen LogP contribution in [0, 0.1) is 24.1 Å². The second-order valence-corrected chi connectivity index (χ2v) is 6.74. The van der Waals surface area contributed by atoms with Gasteiger partial charge in [-0.05, 0) is 42.8 Å². The van der Waals surface area contributed by atoms with Gasteiger partial charge >= 0.3 is 0 Å². The Hall–Kier alpha value is -3.37. The van der Waals surface area contributed by atoms with E-state index in [9.17, 15) is 9.65 Å². The number of benzene rings is 2. The molecule has 0 atom stereocenters. The Morgan fingerprint density at radius 3 is 2.64 bits per heavy atom. The molecule has 1 N–H and O–H groups in total. The number of nitrogens with zero attached hydrogens (tertiary/aromatic N) is 2. The molecule has 0 radical (unpaired) electrons. The molecule has 28 heavy (non-hydrogen) atoms. The molecule has 0 aliphatic rings. The summed E-state index contributed by atoms with van der Waals surface area (Å²) in [6.07, 6.45) is 1.53. The summed E-state index contributed by atoms with van der Waals surface area (Å²) in [6, 6.07) is 12.5. The van der Waals surface area contributed by atoms with E-state index in [-0.39, 0.29) is 5.82 Å². The number of nitrogens with one attached hydrogen (secondary N) is 1. The smallest absolute Gasteiger partial charge is 0.161 e. The van der Waals surface area contributed by atoms with Crippen LogP contribution in [0.25, 0.3) is 16.8 Å². The van der Waals surface area contributed by atoms with Crippen LogP contribution in [-0.2, 0) is 0 Å². The standard InChI is InChI=1S/C21H18FN3O2S/c1-13-4-6-16(9-17(13)22)24-11-15(10-23)21-25-18(12-28-21)14-5-7-19(26-2)20(8-14)27-3/h4-9,11-12,24H,1-3H3/b15-11+. The summed E-state index contributed by atoms with van der Waals surface area (Å²) in [5, 5.41) is 14.9. The maximum atomic E-state index is 13.7. The maximum absolute atomic E-state index is 13.7. The fraction of sp³-hybridized carbons (Fsp3) is 0.143. The Bertz CT molecular complexity index is 1070. The highest BCUT2D eigenvalue weighted by Gasteiger charge is 2.12. The van der Waals surface area contributed by atoms with Gasteiger partial charge in [0, 0.05) is 22.8 Å². The first-order chi connectivity index (χ1) is 13.5. The van der Waals surface area contributed by atoms with Crippen LogP contribution in [0.4, 0.5) is 10.1 Å². The highest BCUT2D eigenvalue weighted by Crippen LogP contribution is 2.33. The number of methoxy groups -OCH3 is 2. The molecule has 1 aromatic heterocycles. The molecule has 3 aromatic rings. The average Bonchev–Trinajstić information content (AvgIpc) is 3.20. The van der Waals surface area contributed by atoms with Crippen molar-refractivity contribution in [3.63, 3.8) is 0 Å². The molecule has 3 rings (SSSR count). The first kappa shape index (κ1) is 19.4. The van der Waals surface area contributed by atoms with Gasteiger partial charge in [-0.25, -0.2) is 9.37 Å². The molecule has 142 valence electrons. The van der Waals surface area contributed by atoms with Crippen LogP contribution in [0.15, 0.2) is 48.0 Å². The molecule has 0 amide bonds. The Labute approximate surface area is 166 Å². The monoisotopic (exact) mass is 395 g/mol. The number of rotatable bonds is 6. The zero-order valence-corrected chi connectivity index (χ0v) is 16.4. The molecular formula is C21H18FN3O2S. The number of hydrogen-bond donors (Lipinski definition) is 1. The largest absolute Gasteiger partial charge is 0.493 e.